The Kier molecular flexibility index (Phi) is 2.37. The number of hydrogen-bond acceptors (Lipinski definition) is 3. The van der Waals surface area contributed by atoms with E-state index in [0.717, 1.165) is 10.4 Å². The van der Waals surface area contributed by atoms with E-state index in [-0.39, 0.29) is 5.97 Å². The number of H-pyrrole nitrogens is 1. The molecule has 0 aliphatic rings. The molecular weight excluding hydrogens is 198 g/mol. The Hall–Kier alpha value is -1.55. The molecule has 0 fully saturated rings. The molecule has 0 radical (unpaired) electrons. The first kappa shape index (κ1) is 9.02. The smallest absolute Gasteiger partial charge is 0.348 e. The van der Waals surface area contributed by atoms with E-state index in [1.165, 1.54) is 18.4 Å². The van der Waals surface area contributed by atoms with Gasteiger partial charge in [0.2, 0.25) is 0 Å². The zero-order chi connectivity index (χ0) is 9.97. The lowest BCUT2D eigenvalue weighted by Crippen LogP contribution is -1.96. The number of rotatable bonds is 2. The summed E-state index contributed by atoms with van der Waals surface area (Å²) in [5.74, 6) is -0.281. The number of esters is 1. The number of nitrogens with one attached hydrogen (secondary N) is 1. The summed E-state index contributed by atoms with van der Waals surface area (Å²) in [5.41, 5.74) is 1.09. The van der Waals surface area contributed by atoms with Crippen molar-refractivity contribution in [2.75, 3.05) is 7.11 Å². The third-order valence-electron chi connectivity index (χ3n) is 1.88. The summed E-state index contributed by atoms with van der Waals surface area (Å²) in [6.07, 6.45) is 3.75. The standard InChI is InChI=1S/C10H9NO2S/c1-13-10(12)9-3-2-8(14-9)7-4-5-11-6-7/h2-6,11H,1H3. The van der Waals surface area contributed by atoms with Crippen LogP contribution in [0.15, 0.2) is 30.6 Å². The van der Waals surface area contributed by atoms with Crippen LogP contribution in [-0.2, 0) is 4.74 Å². The van der Waals surface area contributed by atoms with E-state index in [9.17, 15) is 4.79 Å². The van der Waals surface area contributed by atoms with Crippen molar-refractivity contribution in [3.63, 3.8) is 0 Å². The van der Waals surface area contributed by atoms with Crippen LogP contribution in [0.1, 0.15) is 9.67 Å². The van der Waals surface area contributed by atoms with Crippen molar-refractivity contribution in [2.45, 2.75) is 0 Å². The van der Waals surface area contributed by atoms with Crippen LogP contribution >= 0.6 is 11.3 Å². The Morgan fingerprint density at radius 1 is 1.43 bits per heavy atom. The van der Waals surface area contributed by atoms with E-state index < -0.39 is 0 Å². The molecule has 0 aliphatic heterocycles. The van der Waals surface area contributed by atoms with Crippen LogP contribution < -0.4 is 0 Å². The summed E-state index contributed by atoms with van der Waals surface area (Å²) in [6, 6.07) is 5.66. The summed E-state index contributed by atoms with van der Waals surface area (Å²) in [6.45, 7) is 0. The molecule has 2 aromatic heterocycles. The summed E-state index contributed by atoms with van der Waals surface area (Å²) >= 11 is 1.43. The van der Waals surface area contributed by atoms with E-state index in [0.29, 0.717) is 4.88 Å². The van der Waals surface area contributed by atoms with E-state index in [1.807, 2.05) is 24.5 Å². The molecular formula is C10H9NO2S. The highest BCUT2D eigenvalue weighted by Crippen LogP contribution is 2.27. The third-order valence-corrected chi connectivity index (χ3v) is 2.99. The molecule has 2 heterocycles. The zero-order valence-corrected chi connectivity index (χ0v) is 8.43. The van der Waals surface area contributed by atoms with Crippen molar-refractivity contribution in [1.82, 2.24) is 4.98 Å². The van der Waals surface area contributed by atoms with Crippen molar-refractivity contribution in [3.05, 3.63) is 35.5 Å². The second-order valence-corrected chi connectivity index (χ2v) is 3.84. The van der Waals surface area contributed by atoms with Gasteiger partial charge in [0, 0.05) is 22.8 Å². The lowest BCUT2D eigenvalue weighted by molar-refractivity contribution is 0.0606. The van der Waals surface area contributed by atoms with Crippen LogP contribution in [0.25, 0.3) is 10.4 Å². The molecule has 0 saturated heterocycles. The molecule has 0 aliphatic carbocycles. The number of methoxy groups -OCH3 is 1. The minimum absolute atomic E-state index is 0.281. The van der Waals surface area contributed by atoms with Crippen molar-refractivity contribution in [2.24, 2.45) is 0 Å². The summed E-state index contributed by atoms with van der Waals surface area (Å²) in [4.78, 5) is 15.8. The lowest BCUT2D eigenvalue weighted by Gasteiger charge is -1.92. The van der Waals surface area contributed by atoms with E-state index in [2.05, 4.69) is 9.72 Å². The van der Waals surface area contributed by atoms with Crippen LogP contribution in [0.2, 0.25) is 0 Å². The molecule has 72 valence electrons. The van der Waals surface area contributed by atoms with Gasteiger partial charge in [0.25, 0.3) is 0 Å². The number of aromatic nitrogens is 1. The number of ether oxygens (including phenoxy) is 1. The average Bonchev–Trinajstić information content (AvgIpc) is 2.86. The predicted molar refractivity (Wildman–Crippen MR) is 55.4 cm³/mol. The van der Waals surface area contributed by atoms with Crippen molar-refractivity contribution < 1.29 is 9.53 Å². The maximum Gasteiger partial charge on any atom is 0.348 e. The molecule has 0 aromatic carbocycles. The fourth-order valence-corrected chi connectivity index (χ4v) is 2.10. The highest BCUT2D eigenvalue weighted by molar-refractivity contribution is 7.17. The van der Waals surface area contributed by atoms with Crippen molar-refractivity contribution in [3.8, 4) is 10.4 Å². The second kappa shape index (κ2) is 3.67. The van der Waals surface area contributed by atoms with Crippen molar-refractivity contribution in [1.29, 1.82) is 0 Å². The van der Waals surface area contributed by atoms with Gasteiger partial charge in [-0.25, -0.2) is 4.79 Å². The highest BCUT2D eigenvalue weighted by atomic mass is 32.1. The topological polar surface area (TPSA) is 42.1 Å². The zero-order valence-electron chi connectivity index (χ0n) is 7.61. The number of carbonyl (C=O) groups excluding carboxylic acids is 1. The molecule has 0 saturated carbocycles. The minimum Gasteiger partial charge on any atom is -0.465 e. The molecule has 0 atom stereocenters. The Morgan fingerprint density at radius 3 is 2.93 bits per heavy atom. The maximum atomic E-state index is 11.2. The first-order chi connectivity index (χ1) is 6.81. The Labute approximate surface area is 85.3 Å². The summed E-state index contributed by atoms with van der Waals surface area (Å²) < 4.78 is 4.63. The van der Waals surface area contributed by atoms with Gasteiger partial charge >= 0.3 is 5.97 Å². The van der Waals surface area contributed by atoms with Gasteiger partial charge in [-0.3, -0.25) is 0 Å². The molecule has 4 heteroatoms. The van der Waals surface area contributed by atoms with Gasteiger partial charge in [0.1, 0.15) is 4.88 Å². The Balaban J connectivity index is 2.31. The van der Waals surface area contributed by atoms with E-state index in [4.69, 9.17) is 0 Å². The lowest BCUT2D eigenvalue weighted by atomic mass is 10.3. The maximum absolute atomic E-state index is 11.2. The van der Waals surface area contributed by atoms with Gasteiger partial charge in [-0.05, 0) is 18.2 Å². The molecule has 0 amide bonds. The molecule has 2 rings (SSSR count). The number of aromatic amines is 1. The third kappa shape index (κ3) is 1.56. The van der Waals surface area contributed by atoms with Crippen LogP contribution in [0, 0.1) is 0 Å². The van der Waals surface area contributed by atoms with Gasteiger partial charge in [-0.15, -0.1) is 11.3 Å². The molecule has 14 heavy (non-hydrogen) atoms. The molecule has 3 nitrogen and oxygen atoms in total. The number of hydrogen-bond donors (Lipinski definition) is 1. The number of thiophene rings is 1. The van der Waals surface area contributed by atoms with Gasteiger partial charge in [0.15, 0.2) is 0 Å². The van der Waals surface area contributed by atoms with Crippen molar-refractivity contribution >= 4 is 17.3 Å². The normalized spacial score (nSPS) is 10.1. The summed E-state index contributed by atoms with van der Waals surface area (Å²) in [7, 11) is 1.39. The summed E-state index contributed by atoms with van der Waals surface area (Å²) in [5, 5.41) is 0. The van der Waals surface area contributed by atoms with Gasteiger partial charge in [0.05, 0.1) is 7.11 Å². The SMILES string of the molecule is COC(=O)c1ccc(-c2cc[nH]c2)s1. The largest absolute Gasteiger partial charge is 0.465 e. The van der Waals surface area contributed by atoms with Gasteiger partial charge in [-0.1, -0.05) is 0 Å². The molecule has 0 spiro atoms. The van der Waals surface area contributed by atoms with Crippen LogP contribution in [-0.4, -0.2) is 18.1 Å². The fraction of sp³-hybridized carbons (Fsp3) is 0.100. The quantitative estimate of drug-likeness (QED) is 0.769. The number of carbonyl (C=O) groups is 1. The highest BCUT2D eigenvalue weighted by Gasteiger charge is 2.09. The second-order valence-electron chi connectivity index (χ2n) is 2.76. The first-order valence-electron chi connectivity index (χ1n) is 4.12. The monoisotopic (exact) mass is 207 g/mol. The minimum atomic E-state index is -0.281. The van der Waals surface area contributed by atoms with E-state index >= 15 is 0 Å². The van der Waals surface area contributed by atoms with Crippen LogP contribution in [0.4, 0.5) is 0 Å². The molecule has 0 unspecified atom stereocenters. The van der Waals surface area contributed by atoms with Crippen LogP contribution in [0.3, 0.4) is 0 Å². The van der Waals surface area contributed by atoms with Gasteiger partial charge < -0.3 is 9.72 Å². The predicted octanol–water partition coefficient (Wildman–Crippen LogP) is 2.53. The molecule has 0 bridgehead atoms. The van der Waals surface area contributed by atoms with Gasteiger partial charge in [-0.2, -0.15) is 0 Å². The fourth-order valence-electron chi connectivity index (χ4n) is 1.18. The Bertz CT molecular complexity index is 431. The molecule has 1 N–H and O–H groups in total. The van der Waals surface area contributed by atoms with E-state index in [1.54, 1.807) is 6.07 Å². The van der Waals surface area contributed by atoms with Crippen LogP contribution in [0.5, 0.6) is 0 Å². The average molecular weight is 207 g/mol. The first-order valence-corrected chi connectivity index (χ1v) is 4.94. The molecule has 2 aromatic rings. The Morgan fingerprint density at radius 2 is 2.29 bits per heavy atom.